The second-order valence-electron chi connectivity index (χ2n) is 4.40. The van der Waals surface area contributed by atoms with Gasteiger partial charge in [0.2, 0.25) is 0 Å². The summed E-state index contributed by atoms with van der Waals surface area (Å²) in [7, 11) is 0. The molecule has 4 heteroatoms. The van der Waals surface area contributed by atoms with Gasteiger partial charge < -0.3 is 0 Å². The summed E-state index contributed by atoms with van der Waals surface area (Å²) in [5.74, 6) is 0.930. The van der Waals surface area contributed by atoms with Gasteiger partial charge in [-0.1, -0.05) is 12.8 Å². The number of carbonyl (C=O) groups excluding carboxylic acids is 1. The van der Waals surface area contributed by atoms with Gasteiger partial charge in [0.25, 0.3) is 0 Å². The van der Waals surface area contributed by atoms with E-state index in [1.807, 2.05) is 23.9 Å². The third-order valence-electron chi connectivity index (χ3n) is 2.95. The Kier molecular flexibility index (Phi) is 5.04. The van der Waals surface area contributed by atoms with Crippen LogP contribution < -0.4 is 0 Å². The molecule has 92 valence electrons. The molecule has 1 aromatic heterocycles. The molecule has 0 aliphatic heterocycles. The Bertz CT molecular complexity index is 374. The van der Waals surface area contributed by atoms with E-state index in [-0.39, 0.29) is 5.78 Å². The van der Waals surface area contributed by atoms with E-state index in [9.17, 15) is 4.79 Å². The summed E-state index contributed by atoms with van der Waals surface area (Å²) in [5.41, 5.74) is 0.866. The Morgan fingerprint density at radius 3 is 2.82 bits per heavy atom. The predicted molar refractivity (Wildman–Crippen MR) is 75.4 cm³/mol. The van der Waals surface area contributed by atoms with Gasteiger partial charge in [-0.2, -0.15) is 11.8 Å². The van der Waals surface area contributed by atoms with Crippen molar-refractivity contribution in [3.05, 3.63) is 28.5 Å². The van der Waals surface area contributed by atoms with Crippen LogP contribution in [0.3, 0.4) is 0 Å². The standard InChI is InChI=1S/C13H16BrNOS/c14-10-5-6-11(15-8-10)7-12(16)9-17-13-3-1-2-4-13/h5-6,8,13H,1-4,7,9H2. The summed E-state index contributed by atoms with van der Waals surface area (Å²) in [5, 5.41) is 0.719. The Morgan fingerprint density at radius 2 is 2.18 bits per heavy atom. The number of halogens is 1. The third-order valence-corrected chi connectivity index (χ3v) is 4.85. The van der Waals surface area contributed by atoms with Crippen LogP contribution in [0, 0.1) is 0 Å². The number of pyridine rings is 1. The lowest BCUT2D eigenvalue weighted by Gasteiger charge is -2.07. The number of ketones is 1. The molecule has 0 amide bonds. The van der Waals surface area contributed by atoms with E-state index in [0.717, 1.165) is 15.4 Å². The molecule has 0 bridgehead atoms. The normalized spacial score (nSPS) is 16.3. The average molecular weight is 314 g/mol. The maximum atomic E-state index is 11.8. The van der Waals surface area contributed by atoms with Crippen molar-refractivity contribution < 1.29 is 4.79 Å². The van der Waals surface area contributed by atoms with Crippen LogP contribution in [0.5, 0.6) is 0 Å². The second-order valence-corrected chi connectivity index (χ2v) is 6.61. The van der Waals surface area contributed by atoms with Gasteiger partial charge in [0.15, 0.2) is 0 Å². The van der Waals surface area contributed by atoms with E-state index >= 15 is 0 Å². The lowest BCUT2D eigenvalue weighted by Crippen LogP contribution is -2.09. The fraction of sp³-hybridized carbons (Fsp3) is 0.538. The minimum absolute atomic E-state index is 0.289. The molecule has 0 unspecified atom stereocenters. The Hall–Kier alpha value is -0.350. The number of rotatable bonds is 5. The topological polar surface area (TPSA) is 30.0 Å². The first-order valence-corrected chi connectivity index (χ1v) is 7.82. The van der Waals surface area contributed by atoms with Crippen molar-refractivity contribution in [2.75, 3.05) is 5.75 Å². The molecular weight excluding hydrogens is 298 g/mol. The minimum Gasteiger partial charge on any atom is -0.298 e. The zero-order valence-electron chi connectivity index (χ0n) is 9.69. The van der Waals surface area contributed by atoms with Gasteiger partial charge in [0.1, 0.15) is 5.78 Å². The molecule has 0 aromatic carbocycles. The van der Waals surface area contributed by atoms with Gasteiger partial charge in [-0.05, 0) is 40.9 Å². The Labute approximate surface area is 115 Å². The monoisotopic (exact) mass is 313 g/mol. The molecule has 17 heavy (non-hydrogen) atoms. The van der Waals surface area contributed by atoms with Crippen molar-refractivity contribution >= 4 is 33.5 Å². The maximum Gasteiger partial charge on any atom is 0.148 e. The highest BCUT2D eigenvalue weighted by molar-refractivity contribution is 9.10. The van der Waals surface area contributed by atoms with Crippen molar-refractivity contribution in [3.63, 3.8) is 0 Å². The van der Waals surface area contributed by atoms with E-state index in [4.69, 9.17) is 0 Å². The molecule has 0 radical (unpaired) electrons. The quantitative estimate of drug-likeness (QED) is 0.831. The molecule has 0 N–H and O–H groups in total. The van der Waals surface area contributed by atoms with Crippen LogP contribution in [0.15, 0.2) is 22.8 Å². The van der Waals surface area contributed by atoms with Crippen molar-refractivity contribution in [1.82, 2.24) is 4.98 Å². The number of aromatic nitrogens is 1. The van der Waals surface area contributed by atoms with E-state index in [1.165, 1.54) is 25.7 Å². The van der Waals surface area contributed by atoms with Crippen LogP contribution in [0.2, 0.25) is 0 Å². The predicted octanol–water partition coefficient (Wildman–Crippen LogP) is 3.63. The fourth-order valence-corrected chi connectivity index (χ4v) is 3.45. The van der Waals surface area contributed by atoms with Crippen LogP contribution in [0.25, 0.3) is 0 Å². The first-order chi connectivity index (χ1) is 8.24. The lowest BCUT2D eigenvalue weighted by molar-refractivity contribution is -0.116. The van der Waals surface area contributed by atoms with Gasteiger partial charge in [0, 0.05) is 28.0 Å². The molecule has 0 spiro atoms. The second kappa shape index (κ2) is 6.55. The average Bonchev–Trinajstić information content (AvgIpc) is 2.83. The van der Waals surface area contributed by atoms with Gasteiger partial charge in [-0.15, -0.1) is 0 Å². The van der Waals surface area contributed by atoms with Crippen LogP contribution in [-0.2, 0) is 11.2 Å². The van der Waals surface area contributed by atoms with E-state index < -0.39 is 0 Å². The summed E-state index contributed by atoms with van der Waals surface area (Å²) < 4.78 is 0.953. The number of thioether (sulfide) groups is 1. The van der Waals surface area contributed by atoms with Crippen molar-refractivity contribution in [1.29, 1.82) is 0 Å². The minimum atomic E-state index is 0.289. The Morgan fingerprint density at radius 1 is 1.41 bits per heavy atom. The summed E-state index contributed by atoms with van der Waals surface area (Å²) in [6, 6.07) is 3.84. The fourth-order valence-electron chi connectivity index (χ4n) is 2.03. The first kappa shape index (κ1) is 13.1. The molecule has 0 atom stereocenters. The third kappa shape index (κ3) is 4.43. The summed E-state index contributed by atoms with van der Waals surface area (Å²) in [6.45, 7) is 0. The number of carbonyl (C=O) groups is 1. The smallest absolute Gasteiger partial charge is 0.148 e. The summed E-state index contributed by atoms with van der Waals surface area (Å²) in [4.78, 5) is 16.0. The molecule has 1 aromatic rings. The van der Waals surface area contributed by atoms with Gasteiger partial charge >= 0.3 is 0 Å². The van der Waals surface area contributed by atoms with Gasteiger partial charge in [-0.3, -0.25) is 9.78 Å². The zero-order chi connectivity index (χ0) is 12.1. The summed E-state index contributed by atoms with van der Waals surface area (Å²) in [6.07, 6.45) is 7.45. The van der Waals surface area contributed by atoms with Crippen LogP contribution in [0.1, 0.15) is 31.4 Å². The van der Waals surface area contributed by atoms with Crippen LogP contribution in [0.4, 0.5) is 0 Å². The largest absolute Gasteiger partial charge is 0.298 e. The van der Waals surface area contributed by atoms with Crippen molar-refractivity contribution in [2.24, 2.45) is 0 Å². The SMILES string of the molecule is O=C(CSC1CCCC1)Cc1ccc(Br)cn1. The number of hydrogen-bond acceptors (Lipinski definition) is 3. The molecule has 0 saturated heterocycles. The first-order valence-electron chi connectivity index (χ1n) is 5.98. The van der Waals surface area contributed by atoms with Crippen LogP contribution >= 0.6 is 27.7 Å². The summed E-state index contributed by atoms with van der Waals surface area (Å²) >= 11 is 5.16. The molecule has 1 fully saturated rings. The lowest BCUT2D eigenvalue weighted by atomic mass is 10.2. The van der Waals surface area contributed by atoms with Gasteiger partial charge in [-0.25, -0.2) is 0 Å². The van der Waals surface area contributed by atoms with E-state index in [2.05, 4.69) is 20.9 Å². The molecule has 1 aliphatic rings. The van der Waals surface area contributed by atoms with E-state index in [0.29, 0.717) is 12.2 Å². The van der Waals surface area contributed by atoms with Gasteiger partial charge in [0.05, 0.1) is 5.75 Å². The van der Waals surface area contributed by atoms with Crippen molar-refractivity contribution in [3.8, 4) is 0 Å². The maximum absolute atomic E-state index is 11.8. The highest BCUT2D eigenvalue weighted by Crippen LogP contribution is 2.29. The number of nitrogens with zero attached hydrogens (tertiary/aromatic N) is 1. The highest BCUT2D eigenvalue weighted by Gasteiger charge is 2.16. The molecular formula is C13H16BrNOS. The molecule has 2 rings (SSSR count). The van der Waals surface area contributed by atoms with Crippen LogP contribution in [-0.4, -0.2) is 21.8 Å². The number of hydrogen-bond donors (Lipinski definition) is 0. The molecule has 1 aliphatic carbocycles. The van der Waals surface area contributed by atoms with Crippen molar-refractivity contribution in [2.45, 2.75) is 37.4 Å². The molecule has 2 nitrogen and oxygen atoms in total. The molecule has 1 saturated carbocycles. The Balaban J connectivity index is 1.74. The zero-order valence-corrected chi connectivity index (χ0v) is 12.1. The molecule has 1 heterocycles. The highest BCUT2D eigenvalue weighted by atomic mass is 79.9. The number of Topliss-reactive ketones (excluding diaryl/α,β-unsaturated/α-hetero) is 1. The van der Waals surface area contributed by atoms with E-state index in [1.54, 1.807) is 6.20 Å².